The largest absolute Gasteiger partial charge is 0.289 e. The van der Waals surface area contributed by atoms with E-state index in [0.29, 0.717) is 11.4 Å². The predicted molar refractivity (Wildman–Crippen MR) is 258 cm³/mol. The molecule has 0 saturated heterocycles. The van der Waals surface area contributed by atoms with E-state index < -0.39 is 0 Å². The third-order valence-electron chi connectivity index (χ3n) is 11.2. The summed E-state index contributed by atoms with van der Waals surface area (Å²) < 4.78 is 0. The number of nitrogens with zero attached hydrogens (tertiary/aromatic N) is 4. The Hall–Kier alpha value is -6.14. The molecule has 2 aliphatic carbocycles. The number of carbonyl (C=O) groups excluding carboxylic acids is 2. The molecule has 2 aliphatic rings. The van der Waals surface area contributed by atoms with Gasteiger partial charge in [0.25, 0.3) is 0 Å². The van der Waals surface area contributed by atoms with Crippen LogP contribution in [0, 0.1) is 35.5 Å². The Morgan fingerprint density at radius 1 is 0.387 bits per heavy atom. The zero-order chi connectivity index (χ0) is 45.4. The fourth-order valence-corrected chi connectivity index (χ4v) is 7.61. The fourth-order valence-electron chi connectivity index (χ4n) is 7.61. The van der Waals surface area contributed by atoms with Crippen molar-refractivity contribution in [2.75, 3.05) is 0 Å². The normalized spacial score (nSPS) is 15.5. The van der Waals surface area contributed by atoms with E-state index in [0.717, 1.165) is 66.8 Å². The van der Waals surface area contributed by atoms with Crippen molar-refractivity contribution >= 4 is 22.9 Å². The monoisotopic (exact) mass is 822 g/mol. The lowest BCUT2D eigenvalue weighted by atomic mass is 9.72. The first-order chi connectivity index (χ1) is 28.9. The first-order valence-corrected chi connectivity index (χ1v) is 21.5. The molecule has 0 heterocycles. The molecular weight excluding hydrogens is 761 g/mol. The number of hydrogen-bond acceptors (Lipinski definition) is 6. The van der Waals surface area contributed by atoms with Crippen molar-refractivity contribution in [3.05, 3.63) is 166 Å². The molecule has 0 unspecified atom stereocenters. The molecule has 0 saturated carbocycles. The molecule has 0 N–H and O–H groups in total. The third kappa shape index (κ3) is 10.5. The molecule has 4 aromatic carbocycles. The molecule has 0 aliphatic heterocycles. The van der Waals surface area contributed by atoms with E-state index in [2.05, 4.69) is 180 Å². The van der Waals surface area contributed by atoms with Crippen LogP contribution in [0.15, 0.2) is 176 Å². The van der Waals surface area contributed by atoms with Crippen LogP contribution >= 0.6 is 0 Å². The van der Waals surface area contributed by atoms with Gasteiger partial charge in [0.05, 0.1) is 23.8 Å². The van der Waals surface area contributed by atoms with E-state index in [1.54, 1.807) is 12.4 Å². The van der Waals surface area contributed by atoms with E-state index in [4.69, 9.17) is 10.2 Å². The molecule has 62 heavy (non-hydrogen) atoms. The van der Waals surface area contributed by atoms with Crippen LogP contribution in [0.25, 0.3) is 33.4 Å². The topological polar surface area (TPSA) is 83.6 Å². The van der Waals surface area contributed by atoms with Gasteiger partial charge in [-0.25, -0.2) is 0 Å². The lowest BCUT2D eigenvalue weighted by Gasteiger charge is -2.31. The van der Waals surface area contributed by atoms with Gasteiger partial charge >= 0.3 is 0 Å². The van der Waals surface area contributed by atoms with Crippen molar-refractivity contribution in [1.29, 1.82) is 0 Å². The maximum absolute atomic E-state index is 13.5. The number of azo groups is 2. The number of aryl methyl sites for hydroxylation is 2. The highest BCUT2D eigenvalue weighted by atomic mass is 16.1. The van der Waals surface area contributed by atoms with Gasteiger partial charge in [-0.1, -0.05) is 155 Å². The first kappa shape index (κ1) is 45.4. The van der Waals surface area contributed by atoms with Crippen molar-refractivity contribution in [1.82, 2.24) is 0 Å². The number of Topliss-reactive ketones (excluding diaryl/α,β-unsaturated/α-hetero) is 2. The van der Waals surface area contributed by atoms with Crippen molar-refractivity contribution in [2.45, 2.75) is 96.9 Å². The summed E-state index contributed by atoms with van der Waals surface area (Å²) in [6.45, 7) is 29.0. The molecule has 6 rings (SSSR count). The highest BCUT2D eigenvalue weighted by molar-refractivity contribution is 6.12. The molecule has 6 heteroatoms. The van der Waals surface area contributed by atoms with Crippen LogP contribution in [0.5, 0.6) is 0 Å². The summed E-state index contributed by atoms with van der Waals surface area (Å²) >= 11 is 0. The van der Waals surface area contributed by atoms with Crippen LogP contribution < -0.4 is 0 Å². The molecule has 318 valence electrons. The van der Waals surface area contributed by atoms with Crippen molar-refractivity contribution in [3.8, 4) is 33.4 Å². The predicted octanol–water partition coefficient (Wildman–Crippen LogP) is 16.3. The van der Waals surface area contributed by atoms with Gasteiger partial charge in [0.1, 0.15) is 0 Å². The van der Waals surface area contributed by atoms with Crippen molar-refractivity contribution in [3.63, 3.8) is 0 Å². The number of benzene rings is 4. The first-order valence-electron chi connectivity index (χ1n) is 21.5. The summed E-state index contributed by atoms with van der Waals surface area (Å²) in [7, 11) is 0. The molecule has 4 aromatic rings. The molecule has 0 radical (unpaired) electrons. The maximum Gasteiger partial charge on any atom is 0.186 e. The molecule has 0 spiro atoms. The van der Waals surface area contributed by atoms with Crippen LogP contribution in [-0.4, -0.2) is 11.6 Å². The second-order valence-electron chi connectivity index (χ2n) is 20.8. The van der Waals surface area contributed by atoms with Crippen LogP contribution in [-0.2, 0) is 9.59 Å². The van der Waals surface area contributed by atoms with Gasteiger partial charge in [-0.3, -0.25) is 9.59 Å². The summed E-state index contributed by atoms with van der Waals surface area (Å²) in [4.78, 5) is 27.0. The van der Waals surface area contributed by atoms with Gasteiger partial charge in [0, 0.05) is 22.3 Å². The second-order valence-corrected chi connectivity index (χ2v) is 20.8. The SMILES string of the molecule is Cc1ccc(-c2cc(N=NC=C3C=C(C(C)(C)C)C(=O)C(C(C)(C)C)=C3)ccc2-c2ccc(N=NC=C3C=C(C(C)(C)C)C(=O)C(C(C)(C)C)=C3)cc2-c2ccc(C)cc2)cc1. The Labute approximate surface area is 369 Å². The van der Waals surface area contributed by atoms with Crippen LogP contribution in [0.2, 0.25) is 0 Å². The zero-order valence-electron chi connectivity index (χ0n) is 39.2. The van der Waals surface area contributed by atoms with E-state index in [1.165, 1.54) is 11.1 Å². The highest BCUT2D eigenvalue weighted by Gasteiger charge is 2.35. The molecule has 0 aromatic heterocycles. The highest BCUT2D eigenvalue weighted by Crippen LogP contribution is 2.43. The van der Waals surface area contributed by atoms with Gasteiger partial charge in [0.2, 0.25) is 0 Å². The number of rotatable bonds is 7. The molecule has 6 nitrogen and oxygen atoms in total. The minimum atomic E-state index is -0.313. The van der Waals surface area contributed by atoms with Gasteiger partial charge < -0.3 is 0 Å². The Morgan fingerprint density at radius 2 is 0.677 bits per heavy atom. The molecule has 0 bridgehead atoms. The third-order valence-corrected chi connectivity index (χ3v) is 11.2. The van der Waals surface area contributed by atoms with Crippen molar-refractivity contribution in [2.24, 2.45) is 42.1 Å². The summed E-state index contributed by atoms with van der Waals surface area (Å²) in [5.41, 5.74) is 13.5. The Balaban J connectivity index is 1.44. The second kappa shape index (κ2) is 17.3. The molecule has 0 fully saturated rings. The summed E-state index contributed by atoms with van der Waals surface area (Å²) in [5, 5.41) is 18.5. The van der Waals surface area contributed by atoms with Gasteiger partial charge in [-0.2, -0.15) is 20.5 Å². The molecule has 0 atom stereocenters. The van der Waals surface area contributed by atoms with Crippen LogP contribution in [0.3, 0.4) is 0 Å². The quantitative estimate of drug-likeness (QED) is 0.174. The molecular formula is C56H62N4O2. The molecule has 0 amide bonds. The summed E-state index contributed by atoms with van der Waals surface area (Å²) in [6, 6.07) is 29.5. The standard InChI is InChI=1S/C56H62N4O2/c1-35-15-19-39(20-16-35)45-31-41(59-57-33-37-27-47(53(3,4)5)51(61)48(28-37)54(6,7)8)23-25-43(45)44-26-24-42(32-46(44)40-21-17-36(2)18-22-40)60-58-34-38-29-49(55(9,10)11)52(62)50(30-38)56(12,13)14/h15-34H,1-14H3. The van der Waals surface area contributed by atoms with Crippen molar-refractivity contribution < 1.29 is 9.59 Å². The minimum absolute atomic E-state index is 0.0910. The van der Waals surface area contributed by atoms with E-state index in [-0.39, 0.29) is 33.2 Å². The zero-order valence-corrected chi connectivity index (χ0v) is 39.2. The Morgan fingerprint density at radius 3 is 0.952 bits per heavy atom. The average molecular weight is 823 g/mol. The smallest absolute Gasteiger partial charge is 0.186 e. The minimum Gasteiger partial charge on any atom is -0.289 e. The van der Waals surface area contributed by atoms with Crippen LogP contribution in [0.4, 0.5) is 11.4 Å². The number of carbonyl (C=O) groups is 2. The fraction of sp³-hybridized carbons (Fsp3) is 0.321. The van der Waals surface area contributed by atoms with E-state index in [9.17, 15) is 9.59 Å². The Bertz CT molecular complexity index is 2400. The Kier molecular flexibility index (Phi) is 12.7. The summed E-state index contributed by atoms with van der Waals surface area (Å²) in [5.74, 6) is 0.182. The van der Waals surface area contributed by atoms with Gasteiger partial charge in [-0.15, -0.1) is 0 Å². The van der Waals surface area contributed by atoms with E-state index in [1.807, 2.05) is 36.4 Å². The number of hydrogen-bond donors (Lipinski definition) is 0. The van der Waals surface area contributed by atoms with Gasteiger partial charge in [0.15, 0.2) is 11.6 Å². The summed E-state index contributed by atoms with van der Waals surface area (Å²) in [6.07, 6.45) is 11.3. The van der Waals surface area contributed by atoms with Gasteiger partial charge in [-0.05, 0) is 129 Å². The average Bonchev–Trinajstić information content (AvgIpc) is 3.18. The maximum atomic E-state index is 13.5. The van der Waals surface area contributed by atoms with E-state index >= 15 is 0 Å². The lowest BCUT2D eigenvalue weighted by Crippen LogP contribution is -2.27. The number of ketones is 2. The number of allylic oxidation sites excluding steroid dienone is 10. The lowest BCUT2D eigenvalue weighted by molar-refractivity contribution is -0.114. The van der Waals surface area contributed by atoms with Crippen LogP contribution in [0.1, 0.15) is 94.2 Å².